The van der Waals surface area contributed by atoms with Crippen LogP contribution in [0.3, 0.4) is 0 Å². The molecule has 2 aliphatic heterocycles. The van der Waals surface area contributed by atoms with Gasteiger partial charge in [0.2, 0.25) is 0 Å². The fourth-order valence-electron chi connectivity index (χ4n) is 10.7. The third-order valence-electron chi connectivity index (χ3n) is 12.0. The summed E-state index contributed by atoms with van der Waals surface area (Å²) in [5.41, 5.74) is 2.58. The third kappa shape index (κ3) is 2.98. The Morgan fingerprint density at radius 2 is 1.18 bits per heavy atom. The second-order valence-electron chi connectivity index (χ2n) is 13.4. The van der Waals surface area contributed by atoms with E-state index in [0.29, 0.717) is 24.4 Å². The van der Waals surface area contributed by atoms with E-state index in [1.807, 2.05) is 0 Å². The van der Waals surface area contributed by atoms with Crippen LogP contribution < -0.4 is 0 Å². The van der Waals surface area contributed by atoms with E-state index < -0.39 is 0 Å². The Morgan fingerprint density at radius 3 is 1.71 bits per heavy atom. The number of ether oxygens (including phenoxy) is 4. The maximum atomic E-state index is 6.29. The fourth-order valence-corrected chi connectivity index (χ4v) is 10.7. The molecule has 4 heteroatoms. The number of benzene rings is 1. The summed E-state index contributed by atoms with van der Waals surface area (Å²) in [6.07, 6.45) is 10.9. The summed E-state index contributed by atoms with van der Waals surface area (Å²) in [5.74, 6) is 8.90. The first-order valence-electron chi connectivity index (χ1n) is 14.3. The first kappa shape index (κ1) is 20.2. The number of hydrogen-bond acceptors (Lipinski definition) is 4. The molecule has 1 aromatic carbocycles. The highest BCUT2D eigenvalue weighted by molar-refractivity contribution is 5.22. The molecule has 6 aliphatic carbocycles. The summed E-state index contributed by atoms with van der Waals surface area (Å²) in [5, 5.41) is 0. The second-order valence-corrected chi connectivity index (χ2v) is 13.4. The van der Waals surface area contributed by atoms with Gasteiger partial charge in [0.25, 0.3) is 0 Å². The van der Waals surface area contributed by atoms with Crippen molar-refractivity contribution in [3.63, 3.8) is 0 Å². The molecule has 0 amide bonds. The Morgan fingerprint density at radius 1 is 0.647 bits per heavy atom. The van der Waals surface area contributed by atoms with Gasteiger partial charge in [-0.3, -0.25) is 0 Å². The SMILES string of the molecule is c1cc(COCC2CC3CC2C2C3CC3OC32)cc(COCC2CC3CC2C2C3CC3OC32)c1. The summed E-state index contributed by atoms with van der Waals surface area (Å²) in [4.78, 5) is 0. The summed E-state index contributed by atoms with van der Waals surface area (Å²) in [6, 6.07) is 8.89. The van der Waals surface area contributed by atoms with Gasteiger partial charge in [0, 0.05) is 0 Å². The molecule has 14 atom stereocenters. The first-order chi connectivity index (χ1) is 16.8. The van der Waals surface area contributed by atoms with Gasteiger partial charge in [-0.05, 0) is 109 Å². The predicted molar refractivity (Wildman–Crippen MR) is 126 cm³/mol. The van der Waals surface area contributed by atoms with Crippen LogP contribution in [-0.2, 0) is 32.2 Å². The molecule has 1 aromatic rings. The molecule has 2 heterocycles. The average molecular weight is 463 g/mol. The Hall–Kier alpha value is -0.940. The minimum atomic E-state index is 0.623. The largest absolute Gasteiger partial charge is 0.376 e. The quantitative estimate of drug-likeness (QED) is 0.519. The van der Waals surface area contributed by atoms with Gasteiger partial charge in [-0.1, -0.05) is 24.3 Å². The van der Waals surface area contributed by atoms with Crippen LogP contribution >= 0.6 is 0 Å². The van der Waals surface area contributed by atoms with Crippen LogP contribution in [0.5, 0.6) is 0 Å². The average Bonchev–Trinajstić information content (AvgIpc) is 3.34. The van der Waals surface area contributed by atoms with Crippen LogP contribution in [-0.4, -0.2) is 37.6 Å². The van der Waals surface area contributed by atoms with Crippen LogP contribution in [0.2, 0.25) is 0 Å². The Balaban J connectivity index is 0.761. The van der Waals surface area contributed by atoms with Crippen molar-refractivity contribution in [2.75, 3.05) is 13.2 Å². The van der Waals surface area contributed by atoms with Gasteiger partial charge in [0.1, 0.15) is 0 Å². The molecule has 4 nitrogen and oxygen atoms in total. The number of fused-ring (bicyclic) bond motifs is 14. The van der Waals surface area contributed by atoms with E-state index >= 15 is 0 Å². The standard InChI is InChI=1S/C30H38O4/c1-2-15(11-31-13-19-5-17-7-21(19)27-23(17)9-25-29(27)33-25)4-16(3-1)12-32-14-20-6-18-8-22(20)28-24(18)10-26-30(28)34-26/h1-4,17-30H,5-14H2. The Bertz CT molecular complexity index is 905. The van der Waals surface area contributed by atoms with E-state index in [0.717, 1.165) is 85.6 Å². The third-order valence-corrected chi connectivity index (χ3v) is 12.0. The van der Waals surface area contributed by atoms with E-state index in [1.165, 1.54) is 49.7 Å². The molecular formula is C30H38O4. The monoisotopic (exact) mass is 462 g/mol. The maximum Gasteiger partial charge on any atom is 0.0875 e. The molecular weight excluding hydrogens is 424 g/mol. The van der Waals surface area contributed by atoms with E-state index in [9.17, 15) is 0 Å². The van der Waals surface area contributed by atoms with E-state index in [1.54, 1.807) is 0 Å². The number of epoxide rings is 2. The van der Waals surface area contributed by atoms with Gasteiger partial charge in [-0.15, -0.1) is 0 Å². The van der Waals surface area contributed by atoms with Crippen LogP contribution in [0, 0.1) is 59.2 Å². The molecule has 0 radical (unpaired) electrons. The van der Waals surface area contributed by atoms with Crippen LogP contribution in [0.15, 0.2) is 24.3 Å². The van der Waals surface area contributed by atoms with Crippen molar-refractivity contribution in [1.82, 2.24) is 0 Å². The second kappa shape index (κ2) is 7.31. The lowest BCUT2D eigenvalue weighted by Gasteiger charge is -2.32. The molecule has 182 valence electrons. The fraction of sp³-hybridized carbons (Fsp3) is 0.800. The van der Waals surface area contributed by atoms with Gasteiger partial charge < -0.3 is 18.9 Å². The lowest BCUT2D eigenvalue weighted by atomic mass is 9.75. The van der Waals surface area contributed by atoms with Crippen LogP contribution in [0.25, 0.3) is 0 Å². The molecule has 8 fully saturated rings. The smallest absolute Gasteiger partial charge is 0.0875 e. The molecule has 2 saturated heterocycles. The van der Waals surface area contributed by atoms with Crippen molar-refractivity contribution in [3.05, 3.63) is 35.4 Å². The Labute approximate surface area is 203 Å². The minimum absolute atomic E-state index is 0.623. The number of rotatable bonds is 8. The van der Waals surface area contributed by atoms with Crippen molar-refractivity contribution in [2.24, 2.45) is 59.2 Å². The van der Waals surface area contributed by atoms with Gasteiger partial charge in [-0.25, -0.2) is 0 Å². The summed E-state index contributed by atoms with van der Waals surface area (Å²) in [7, 11) is 0. The summed E-state index contributed by atoms with van der Waals surface area (Å²) < 4.78 is 24.4. The van der Waals surface area contributed by atoms with Crippen molar-refractivity contribution in [3.8, 4) is 0 Å². The first-order valence-corrected chi connectivity index (χ1v) is 14.3. The molecule has 14 unspecified atom stereocenters. The molecule has 6 saturated carbocycles. The van der Waals surface area contributed by atoms with E-state index in [2.05, 4.69) is 24.3 Å². The van der Waals surface area contributed by atoms with Crippen molar-refractivity contribution < 1.29 is 18.9 Å². The zero-order valence-electron chi connectivity index (χ0n) is 20.1. The van der Waals surface area contributed by atoms with Gasteiger partial charge in [-0.2, -0.15) is 0 Å². The molecule has 4 bridgehead atoms. The molecule has 8 aliphatic rings. The van der Waals surface area contributed by atoms with E-state index in [4.69, 9.17) is 18.9 Å². The van der Waals surface area contributed by atoms with Gasteiger partial charge >= 0.3 is 0 Å². The molecule has 0 N–H and O–H groups in total. The normalized spacial score (nSPS) is 54.2. The van der Waals surface area contributed by atoms with Crippen molar-refractivity contribution >= 4 is 0 Å². The van der Waals surface area contributed by atoms with Crippen LogP contribution in [0.1, 0.15) is 49.7 Å². The molecule has 9 rings (SSSR count). The summed E-state index contributed by atoms with van der Waals surface area (Å²) >= 11 is 0. The zero-order valence-corrected chi connectivity index (χ0v) is 20.1. The number of hydrogen-bond donors (Lipinski definition) is 0. The van der Waals surface area contributed by atoms with Crippen LogP contribution in [0.4, 0.5) is 0 Å². The topological polar surface area (TPSA) is 43.5 Å². The van der Waals surface area contributed by atoms with Crippen molar-refractivity contribution in [2.45, 2.75) is 76.2 Å². The van der Waals surface area contributed by atoms with Gasteiger partial charge in [0.05, 0.1) is 50.8 Å². The lowest BCUT2D eigenvalue weighted by molar-refractivity contribution is 0.0307. The Kier molecular flexibility index (Phi) is 4.33. The minimum Gasteiger partial charge on any atom is -0.376 e. The maximum absolute atomic E-state index is 6.29. The van der Waals surface area contributed by atoms with Gasteiger partial charge in [0.15, 0.2) is 0 Å². The predicted octanol–water partition coefficient (Wildman–Crippen LogP) is 4.84. The molecule has 34 heavy (non-hydrogen) atoms. The van der Waals surface area contributed by atoms with Crippen molar-refractivity contribution in [1.29, 1.82) is 0 Å². The molecule has 0 aromatic heterocycles. The highest BCUT2D eigenvalue weighted by Crippen LogP contribution is 2.67. The zero-order chi connectivity index (χ0) is 22.0. The highest BCUT2D eigenvalue weighted by Gasteiger charge is 2.67. The summed E-state index contributed by atoms with van der Waals surface area (Å²) in [6.45, 7) is 3.33. The lowest BCUT2D eigenvalue weighted by Crippen LogP contribution is -2.31. The van der Waals surface area contributed by atoms with E-state index in [-0.39, 0.29) is 0 Å². The molecule has 0 spiro atoms. The highest BCUT2D eigenvalue weighted by atomic mass is 16.6.